The molecule has 0 radical (unpaired) electrons. The third-order valence-electron chi connectivity index (χ3n) is 9.29. The number of amides is 2. The molecule has 2 aliphatic rings. The van der Waals surface area contributed by atoms with Crippen molar-refractivity contribution in [3.63, 3.8) is 0 Å². The molecule has 11 heteroatoms. The number of anilines is 1. The summed E-state index contributed by atoms with van der Waals surface area (Å²) in [6.07, 6.45) is 8.11. The second-order valence-corrected chi connectivity index (χ2v) is 12.2. The molecule has 0 spiro atoms. The summed E-state index contributed by atoms with van der Waals surface area (Å²) in [5.41, 5.74) is 3.45. The molecule has 0 aliphatic heterocycles. The Bertz CT molecular complexity index is 1890. The molecule has 9 nitrogen and oxygen atoms in total. The van der Waals surface area contributed by atoms with Gasteiger partial charge in [0.25, 0.3) is 5.91 Å². The van der Waals surface area contributed by atoms with E-state index in [-0.39, 0.29) is 23.8 Å². The summed E-state index contributed by atoms with van der Waals surface area (Å²) in [6, 6.07) is 13.1. The summed E-state index contributed by atoms with van der Waals surface area (Å²) in [6.45, 7) is 1.97. The SMILES string of the molecule is CCOc1cc(NC(=O)C2(NC(=O)c3ccc4c(C5CCCC5)c(-c5ccc(F)cn5)n(C)c4c3)CCC2)ccc1/C=C(\F)C(=O)O. The minimum atomic E-state index is -1.70. The number of carboxylic acid groups (broad SMARTS) is 1. The average molecular weight is 643 g/mol. The number of carbonyl (C=O) groups is 3. The quantitative estimate of drug-likeness (QED) is 0.158. The highest BCUT2D eigenvalue weighted by atomic mass is 19.1. The Kier molecular flexibility index (Phi) is 8.81. The molecule has 4 aromatic rings. The maximum atomic E-state index is 13.8. The van der Waals surface area contributed by atoms with Crippen molar-refractivity contribution in [2.75, 3.05) is 11.9 Å². The van der Waals surface area contributed by atoms with Gasteiger partial charge in [0.05, 0.1) is 24.2 Å². The first-order valence-corrected chi connectivity index (χ1v) is 15.9. The summed E-state index contributed by atoms with van der Waals surface area (Å²) in [5.74, 6) is -3.68. The molecular weight excluding hydrogens is 606 g/mol. The van der Waals surface area contributed by atoms with Gasteiger partial charge in [-0.3, -0.25) is 14.6 Å². The topological polar surface area (TPSA) is 123 Å². The number of ether oxygens (including phenoxy) is 1. The molecule has 47 heavy (non-hydrogen) atoms. The number of halogens is 2. The molecule has 2 aromatic heterocycles. The van der Waals surface area contributed by atoms with Crippen molar-refractivity contribution in [2.24, 2.45) is 7.05 Å². The standard InChI is InChI=1S/C36H36F2N4O5/c1-3-47-30-19-25(12-9-22(30)17-27(38)34(44)45)40-35(46)36(15-6-16-36)41-33(43)23-10-13-26-29(18-23)42(2)32(28-14-11-24(37)20-39-28)31(26)21-7-4-5-8-21/h9-14,17-21H,3-8,15-16H2,1-2H3,(H,40,46)(H,41,43)(H,44,45)/b27-17-. The van der Waals surface area contributed by atoms with E-state index in [0.717, 1.165) is 54.8 Å². The van der Waals surface area contributed by atoms with Crippen LogP contribution in [0, 0.1) is 5.82 Å². The fourth-order valence-electron chi connectivity index (χ4n) is 6.75. The molecule has 244 valence electrons. The number of carbonyl (C=O) groups excluding carboxylic acids is 2. The Morgan fingerprint density at radius 3 is 2.49 bits per heavy atom. The third kappa shape index (κ3) is 6.22. The Labute approximate surface area is 270 Å². The molecule has 0 unspecified atom stereocenters. The number of fused-ring (bicyclic) bond motifs is 1. The number of hydrogen-bond donors (Lipinski definition) is 3. The second-order valence-electron chi connectivity index (χ2n) is 12.2. The van der Waals surface area contributed by atoms with Gasteiger partial charge in [-0.15, -0.1) is 0 Å². The number of carboxylic acids is 1. The number of aliphatic carboxylic acids is 1. The highest BCUT2D eigenvalue weighted by Gasteiger charge is 2.45. The first-order chi connectivity index (χ1) is 22.6. The third-order valence-corrected chi connectivity index (χ3v) is 9.29. The van der Waals surface area contributed by atoms with Gasteiger partial charge in [0.2, 0.25) is 11.7 Å². The predicted molar refractivity (Wildman–Crippen MR) is 174 cm³/mol. The second kappa shape index (κ2) is 13.0. The van der Waals surface area contributed by atoms with Gasteiger partial charge in [-0.1, -0.05) is 18.9 Å². The van der Waals surface area contributed by atoms with E-state index in [1.165, 1.54) is 36.0 Å². The van der Waals surface area contributed by atoms with Crippen molar-refractivity contribution in [3.8, 4) is 17.1 Å². The van der Waals surface area contributed by atoms with E-state index in [0.29, 0.717) is 35.7 Å². The van der Waals surface area contributed by atoms with Crippen LogP contribution in [0.2, 0.25) is 0 Å². The summed E-state index contributed by atoms with van der Waals surface area (Å²) >= 11 is 0. The fourth-order valence-corrected chi connectivity index (χ4v) is 6.75. The van der Waals surface area contributed by atoms with Crippen LogP contribution in [0.25, 0.3) is 28.4 Å². The van der Waals surface area contributed by atoms with Crippen LogP contribution in [-0.2, 0) is 16.6 Å². The number of aryl methyl sites for hydroxylation is 1. The summed E-state index contributed by atoms with van der Waals surface area (Å²) in [7, 11) is 1.93. The van der Waals surface area contributed by atoms with Crippen LogP contribution in [0.3, 0.4) is 0 Å². The predicted octanol–water partition coefficient (Wildman–Crippen LogP) is 7.12. The number of nitrogens with one attached hydrogen (secondary N) is 2. The molecule has 6 rings (SSSR count). The van der Waals surface area contributed by atoms with Gasteiger partial charge in [0.1, 0.15) is 17.1 Å². The van der Waals surface area contributed by atoms with Gasteiger partial charge >= 0.3 is 5.97 Å². The van der Waals surface area contributed by atoms with Crippen LogP contribution < -0.4 is 15.4 Å². The van der Waals surface area contributed by atoms with Crippen LogP contribution in [0.4, 0.5) is 14.5 Å². The van der Waals surface area contributed by atoms with Crippen LogP contribution in [-0.4, -0.2) is 44.6 Å². The normalized spacial score (nSPS) is 16.1. The lowest BCUT2D eigenvalue weighted by Gasteiger charge is -2.40. The van der Waals surface area contributed by atoms with Crippen molar-refractivity contribution in [3.05, 3.63) is 83.1 Å². The van der Waals surface area contributed by atoms with E-state index in [4.69, 9.17) is 9.84 Å². The number of nitrogens with zero attached hydrogens (tertiary/aromatic N) is 2. The molecule has 2 saturated carbocycles. The summed E-state index contributed by atoms with van der Waals surface area (Å²) in [5, 5.41) is 15.8. The van der Waals surface area contributed by atoms with Crippen molar-refractivity contribution >= 4 is 40.4 Å². The maximum absolute atomic E-state index is 13.8. The van der Waals surface area contributed by atoms with Gasteiger partial charge < -0.3 is 25.0 Å². The first kappa shape index (κ1) is 31.9. The average Bonchev–Trinajstić information content (AvgIpc) is 3.66. The van der Waals surface area contributed by atoms with Gasteiger partial charge in [-0.25, -0.2) is 9.18 Å². The van der Waals surface area contributed by atoms with E-state index in [1.54, 1.807) is 19.1 Å². The van der Waals surface area contributed by atoms with E-state index in [9.17, 15) is 23.2 Å². The monoisotopic (exact) mass is 642 g/mol. The highest BCUT2D eigenvalue weighted by molar-refractivity contribution is 6.06. The largest absolute Gasteiger partial charge is 0.493 e. The van der Waals surface area contributed by atoms with Crippen LogP contribution >= 0.6 is 0 Å². The van der Waals surface area contributed by atoms with Crippen LogP contribution in [0.15, 0.2) is 60.6 Å². The molecule has 2 amide bonds. The Hall–Kier alpha value is -5.06. The molecule has 0 bridgehead atoms. The first-order valence-electron chi connectivity index (χ1n) is 15.9. The number of benzene rings is 2. The Morgan fingerprint density at radius 2 is 1.85 bits per heavy atom. The molecule has 2 heterocycles. The van der Waals surface area contributed by atoms with Gasteiger partial charge in [-0.2, -0.15) is 4.39 Å². The van der Waals surface area contributed by atoms with Crippen molar-refractivity contribution in [1.82, 2.24) is 14.9 Å². The molecule has 0 atom stereocenters. The molecule has 2 fully saturated rings. The van der Waals surface area contributed by atoms with Gasteiger partial charge in [-0.05, 0) is 93.0 Å². The minimum absolute atomic E-state index is 0.205. The maximum Gasteiger partial charge on any atom is 0.364 e. The number of hydrogen-bond acceptors (Lipinski definition) is 5. The molecular formula is C36H36F2N4O5. The summed E-state index contributed by atoms with van der Waals surface area (Å²) in [4.78, 5) is 42.6. The minimum Gasteiger partial charge on any atom is -0.493 e. The van der Waals surface area contributed by atoms with Crippen molar-refractivity contribution < 1.29 is 33.0 Å². The lowest BCUT2D eigenvalue weighted by atomic mass is 9.75. The van der Waals surface area contributed by atoms with Gasteiger partial charge in [0.15, 0.2) is 0 Å². The fraction of sp³-hybridized carbons (Fsp3) is 0.333. The highest BCUT2D eigenvalue weighted by Crippen LogP contribution is 2.44. The zero-order valence-electron chi connectivity index (χ0n) is 26.2. The lowest BCUT2D eigenvalue weighted by molar-refractivity contribution is -0.134. The number of aromatic nitrogens is 2. The Morgan fingerprint density at radius 1 is 1.09 bits per heavy atom. The summed E-state index contributed by atoms with van der Waals surface area (Å²) < 4.78 is 35.1. The molecule has 2 aromatic carbocycles. The number of pyridine rings is 1. The molecule has 3 N–H and O–H groups in total. The Balaban J connectivity index is 1.26. The molecule has 0 saturated heterocycles. The van der Waals surface area contributed by atoms with Crippen molar-refractivity contribution in [1.29, 1.82) is 0 Å². The lowest BCUT2D eigenvalue weighted by Crippen LogP contribution is -2.61. The smallest absolute Gasteiger partial charge is 0.364 e. The zero-order valence-corrected chi connectivity index (χ0v) is 26.2. The van der Waals surface area contributed by atoms with E-state index < -0.39 is 29.1 Å². The van der Waals surface area contributed by atoms with Gasteiger partial charge in [0, 0.05) is 40.8 Å². The van der Waals surface area contributed by atoms with Crippen molar-refractivity contribution in [2.45, 2.75) is 63.3 Å². The van der Waals surface area contributed by atoms with Crippen LogP contribution in [0.5, 0.6) is 5.75 Å². The van der Waals surface area contributed by atoms with E-state index >= 15 is 0 Å². The molecule has 2 aliphatic carbocycles. The van der Waals surface area contributed by atoms with E-state index in [2.05, 4.69) is 15.6 Å². The van der Waals surface area contributed by atoms with E-state index in [1.807, 2.05) is 23.7 Å². The zero-order chi connectivity index (χ0) is 33.3. The van der Waals surface area contributed by atoms with Crippen LogP contribution in [0.1, 0.15) is 79.3 Å². The number of rotatable bonds is 10.